The van der Waals surface area contributed by atoms with Crippen molar-refractivity contribution in [1.29, 1.82) is 0 Å². The highest BCUT2D eigenvalue weighted by molar-refractivity contribution is 7.98. The van der Waals surface area contributed by atoms with Gasteiger partial charge in [0.1, 0.15) is 5.82 Å². The van der Waals surface area contributed by atoms with E-state index in [0.29, 0.717) is 5.75 Å². The van der Waals surface area contributed by atoms with Gasteiger partial charge in [-0.05, 0) is 42.0 Å². The SMILES string of the molecule is CC(C)n1nnnc1SCc1cccc(F)c1. The number of tetrazole rings is 1. The number of nitrogens with zero attached hydrogens (tertiary/aromatic N) is 4. The lowest BCUT2D eigenvalue weighted by atomic mass is 10.2. The Labute approximate surface area is 103 Å². The van der Waals surface area contributed by atoms with Crippen molar-refractivity contribution in [3.8, 4) is 0 Å². The van der Waals surface area contributed by atoms with E-state index in [1.165, 1.54) is 23.9 Å². The molecule has 1 aromatic carbocycles. The van der Waals surface area contributed by atoms with Crippen LogP contribution in [0.25, 0.3) is 0 Å². The largest absolute Gasteiger partial charge is 0.218 e. The Morgan fingerprint density at radius 1 is 1.41 bits per heavy atom. The molecule has 0 spiro atoms. The molecule has 0 saturated carbocycles. The van der Waals surface area contributed by atoms with Gasteiger partial charge in [-0.15, -0.1) is 5.10 Å². The summed E-state index contributed by atoms with van der Waals surface area (Å²) in [6.07, 6.45) is 0. The lowest BCUT2D eigenvalue weighted by molar-refractivity contribution is 0.477. The molecule has 0 amide bonds. The summed E-state index contributed by atoms with van der Waals surface area (Å²) in [6, 6.07) is 6.78. The van der Waals surface area contributed by atoms with Gasteiger partial charge in [0.05, 0.1) is 6.04 Å². The average molecular weight is 252 g/mol. The van der Waals surface area contributed by atoms with Crippen molar-refractivity contribution in [2.24, 2.45) is 0 Å². The van der Waals surface area contributed by atoms with E-state index < -0.39 is 0 Å². The molecular weight excluding hydrogens is 239 g/mol. The van der Waals surface area contributed by atoms with E-state index in [4.69, 9.17) is 0 Å². The summed E-state index contributed by atoms with van der Waals surface area (Å²) in [6.45, 7) is 4.03. The third kappa shape index (κ3) is 3.03. The molecule has 1 heterocycles. The fourth-order valence-corrected chi connectivity index (χ4v) is 2.33. The van der Waals surface area contributed by atoms with Gasteiger partial charge >= 0.3 is 0 Å². The van der Waals surface area contributed by atoms with Crippen LogP contribution in [0.15, 0.2) is 29.4 Å². The second kappa shape index (κ2) is 5.27. The first-order valence-electron chi connectivity index (χ1n) is 5.32. The minimum Gasteiger partial charge on any atom is -0.218 e. The number of rotatable bonds is 4. The highest BCUT2D eigenvalue weighted by Crippen LogP contribution is 2.22. The van der Waals surface area contributed by atoms with Crippen LogP contribution >= 0.6 is 11.8 Å². The highest BCUT2D eigenvalue weighted by Gasteiger charge is 2.09. The van der Waals surface area contributed by atoms with Crippen LogP contribution in [0.5, 0.6) is 0 Å². The molecule has 2 rings (SSSR count). The predicted molar refractivity (Wildman–Crippen MR) is 64.2 cm³/mol. The van der Waals surface area contributed by atoms with Crippen LogP contribution in [0.2, 0.25) is 0 Å². The minimum absolute atomic E-state index is 0.216. The molecule has 0 aliphatic heterocycles. The Bertz CT molecular complexity index is 498. The zero-order chi connectivity index (χ0) is 12.3. The Balaban J connectivity index is 2.05. The van der Waals surface area contributed by atoms with Crippen molar-refractivity contribution in [3.05, 3.63) is 35.6 Å². The van der Waals surface area contributed by atoms with Crippen LogP contribution in [0.1, 0.15) is 25.5 Å². The number of halogens is 1. The average Bonchev–Trinajstić information content (AvgIpc) is 2.74. The monoisotopic (exact) mass is 252 g/mol. The summed E-state index contributed by atoms with van der Waals surface area (Å²) in [7, 11) is 0. The highest BCUT2D eigenvalue weighted by atomic mass is 32.2. The van der Waals surface area contributed by atoms with Gasteiger partial charge in [-0.1, -0.05) is 23.9 Å². The molecule has 0 aliphatic carbocycles. The van der Waals surface area contributed by atoms with Crippen LogP contribution < -0.4 is 0 Å². The Kier molecular flexibility index (Phi) is 3.73. The van der Waals surface area contributed by atoms with Gasteiger partial charge < -0.3 is 0 Å². The van der Waals surface area contributed by atoms with Gasteiger partial charge in [-0.25, -0.2) is 9.07 Å². The van der Waals surface area contributed by atoms with E-state index in [-0.39, 0.29) is 11.9 Å². The van der Waals surface area contributed by atoms with Crippen LogP contribution in [-0.2, 0) is 5.75 Å². The van der Waals surface area contributed by atoms with Gasteiger partial charge in [0.15, 0.2) is 0 Å². The van der Waals surface area contributed by atoms with Crippen molar-refractivity contribution < 1.29 is 4.39 Å². The second-order valence-corrected chi connectivity index (χ2v) is 4.86. The van der Waals surface area contributed by atoms with E-state index in [9.17, 15) is 4.39 Å². The molecule has 0 fully saturated rings. The van der Waals surface area contributed by atoms with E-state index in [1.54, 1.807) is 10.7 Å². The molecule has 6 heteroatoms. The summed E-state index contributed by atoms with van der Waals surface area (Å²) in [5.41, 5.74) is 0.924. The summed E-state index contributed by atoms with van der Waals surface area (Å²) in [5, 5.41) is 12.2. The van der Waals surface area contributed by atoms with Crippen molar-refractivity contribution in [3.63, 3.8) is 0 Å². The number of thioether (sulfide) groups is 1. The van der Waals surface area contributed by atoms with Crippen LogP contribution in [0.4, 0.5) is 4.39 Å². The smallest absolute Gasteiger partial charge is 0.209 e. The molecule has 2 aromatic rings. The Morgan fingerprint density at radius 2 is 2.24 bits per heavy atom. The molecule has 0 N–H and O–H groups in total. The molecule has 90 valence electrons. The maximum Gasteiger partial charge on any atom is 0.209 e. The fourth-order valence-electron chi connectivity index (χ4n) is 1.38. The van der Waals surface area contributed by atoms with Gasteiger partial charge in [0, 0.05) is 5.75 Å². The molecule has 17 heavy (non-hydrogen) atoms. The van der Waals surface area contributed by atoms with Crippen molar-refractivity contribution in [2.45, 2.75) is 30.8 Å². The molecule has 0 radical (unpaired) electrons. The quantitative estimate of drug-likeness (QED) is 0.785. The first-order chi connectivity index (χ1) is 8.16. The Morgan fingerprint density at radius 3 is 2.94 bits per heavy atom. The third-order valence-electron chi connectivity index (χ3n) is 2.21. The lowest BCUT2D eigenvalue weighted by Crippen LogP contribution is -2.04. The van der Waals surface area contributed by atoms with Crippen LogP contribution in [-0.4, -0.2) is 20.2 Å². The first-order valence-corrected chi connectivity index (χ1v) is 6.30. The second-order valence-electron chi connectivity index (χ2n) is 3.92. The molecule has 0 aliphatic rings. The molecule has 4 nitrogen and oxygen atoms in total. The maximum absolute atomic E-state index is 13.0. The zero-order valence-electron chi connectivity index (χ0n) is 9.67. The molecular formula is C11H13FN4S. The lowest BCUT2D eigenvalue weighted by Gasteiger charge is -2.06. The van der Waals surface area contributed by atoms with E-state index in [2.05, 4.69) is 15.5 Å². The third-order valence-corrected chi connectivity index (χ3v) is 3.21. The molecule has 0 bridgehead atoms. The first kappa shape index (κ1) is 12.0. The molecule has 0 saturated heterocycles. The van der Waals surface area contributed by atoms with Crippen LogP contribution in [0.3, 0.4) is 0 Å². The van der Waals surface area contributed by atoms with E-state index >= 15 is 0 Å². The normalized spacial score (nSPS) is 11.1. The number of benzene rings is 1. The summed E-state index contributed by atoms with van der Waals surface area (Å²) in [4.78, 5) is 0. The standard InChI is InChI=1S/C11H13FN4S/c1-8(2)16-11(13-14-15-16)17-7-9-4-3-5-10(12)6-9/h3-6,8H,7H2,1-2H3. The van der Waals surface area contributed by atoms with Gasteiger partial charge in [-0.2, -0.15) is 0 Å². The molecule has 1 aromatic heterocycles. The topological polar surface area (TPSA) is 43.6 Å². The maximum atomic E-state index is 13.0. The van der Waals surface area contributed by atoms with Crippen molar-refractivity contribution >= 4 is 11.8 Å². The van der Waals surface area contributed by atoms with E-state index in [1.807, 2.05) is 19.9 Å². The molecule has 0 atom stereocenters. The fraction of sp³-hybridized carbons (Fsp3) is 0.364. The summed E-state index contributed by atoms with van der Waals surface area (Å²) < 4.78 is 14.7. The predicted octanol–water partition coefficient (Wildman–Crippen LogP) is 2.69. The van der Waals surface area contributed by atoms with Crippen molar-refractivity contribution in [2.75, 3.05) is 0 Å². The zero-order valence-corrected chi connectivity index (χ0v) is 10.5. The minimum atomic E-state index is -0.216. The van der Waals surface area contributed by atoms with E-state index in [0.717, 1.165) is 10.7 Å². The van der Waals surface area contributed by atoms with Gasteiger partial charge in [0.25, 0.3) is 0 Å². The Hall–Kier alpha value is -1.43. The molecule has 0 unspecified atom stereocenters. The van der Waals surface area contributed by atoms with Gasteiger partial charge in [0.2, 0.25) is 5.16 Å². The summed E-state index contributed by atoms with van der Waals surface area (Å²) >= 11 is 1.50. The summed E-state index contributed by atoms with van der Waals surface area (Å²) in [5.74, 6) is 0.441. The van der Waals surface area contributed by atoms with Crippen LogP contribution in [0, 0.1) is 5.82 Å². The van der Waals surface area contributed by atoms with Gasteiger partial charge in [-0.3, -0.25) is 0 Å². The van der Waals surface area contributed by atoms with Crippen molar-refractivity contribution in [1.82, 2.24) is 20.2 Å². The number of hydrogen-bond donors (Lipinski definition) is 0. The number of aromatic nitrogens is 4. The number of hydrogen-bond acceptors (Lipinski definition) is 4.